The Labute approximate surface area is 193 Å². The van der Waals surface area contributed by atoms with E-state index in [9.17, 15) is 4.79 Å². The average molecular weight is 458 g/mol. The lowest BCUT2D eigenvalue weighted by Gasteiger charge is -2.21. The molecular weight excluding hydrogens is 426 g/mol. The number of rotatable bonds is 11. The lowest BCUT2D eigenvalue weighted by Crippen LogP contribution is -2.33. The van der Waals surface area contributed by atoms with E-state index >= 15 is 0 Å². The number of ether oxygens (including phenoxy) is 1. The fourth-order valence-corrected chi connectivity index (χ4v) is 5.14. The Morgan fingerprint density at radius 1 is 1.13 bits per heavy atom. The second-order valence-corrected chi connectivity index (χ2v) is 9.81. The molecule has 0 bridgehead atoms. The summed E-state index contributed by atoms with van der Waals surface area (Å²) in [7, 11) is 5.78. The van der Waals surface area contributed by atoms with E-state index in [1.165, 1.54) is 5.56 Å². The minimum absolute atomic E-state index is 0.134. The molecule has 0 fully saturated rings. The van der Waals surface area contributed by atoms with Crippen molar-refractivity contribution in [1.29, 1.82) is 0 Å². The summed E-state index contributed by atoms with van der Waals surface area (Å²) in [6.45, 7) is 3.78. The Balaban J connectivity index is 1.68. The van der Waals surface area contributed by atoms with Crippen LogP contribution < -0.4 is 9.64 Å². The van der Waals surface area contributed by atoms with Gasteiger partial charge < -0.3 is 9.64 Å². The smallest absolute Gasteiger partial charge is 0.229 e. The maximum Gasteiger partial charge on any atom is 0.229 e. The number of anilines is 1. The third-order valence-corrected chi connectivity index (χ3v) is 7.07. The number of fused-ring (bicyclic) bond motifs is 1. The van der Waals surface area contributed by atoms with E-state index in [2.05, 4.69) is 44.1 Å². The molecule has 0 saturated carbocycles. The summed E-state index contributed by atoms with van der Waals surface area (Å²) in [6, 6.07) is 14.3. The van der Waals surface area contributed by atoms with Crippen LogP contribution in [-0.2, 0) is 11.2 Å². The van der Waals surface area contributed by atoms with Crippen LogP contribution in [0.25, 0.3) is 10.2 Å². The number of hydrogen-bond acceptors (Lipinski definition) is 6. The van der Waals surface area contributed by atoms with Crippen molar-refractivity contribution in [3.05, 3.63) is 48.0 Å². The number of hydrogen-bond donors (Lipinski definition) is 0. The molecule has 31 heavy (non-hydrogen) atoms. The molecular formula is C24H31N3O2S2. The van der Waals surface area contributed by atoms with Crippen LogP contribution in [0.4, 0.5) is 5.13 Å². The molecule has 0 radical (unpaired) electrons. The summed E-state index contributed by atoms with van der Waals surface area (Å²) >= 11 is 3.31. The molecule has 3 aromatic rings. The summed E-state index contributed by atoms with van der Waals surface area (Å²) in [5, 5.41) is 0.807. The molecule has 0 N–H and O–H groups in total. The summed E-state index contributed by atoms with van der Waals surface area (Å²) in [5.41, 5.74) is 2.26. The SMILES string of the molecule is CCc1ccc2nc(N(CCCN(C)C)C(=O)CCSc3ccc(OC)cc3)sc2c1. The first kappa shape index (κ1) is 23.6. The highest BCUT2D eigenvalue weighted by atomic mass is 32.2. The molecule has 0 unspecified atom stereocenters. The summed E-state index contributed by atoms with van der Waals surface area (Å²) in [6.07, 6.45) is 2.40. The van der Waals surface area contributed by atoms with Gasteiger partial charge in [-0.3, -0.25) is 9.69 Å². The summed E-state index contributed by atoms with van der Waals surface area (Å²) < 4.78 is 6.35. The third kappa shape index (κ3) is 6.69. The fraction of sp³-hybridized carbons (Fsp3) is 0.417. The van der Waals surface area contributed by atoms with Crippen LogP contribution in [0.2, 0.25) is 0 Å². The van der Waals surface area contributed by atoms with Gasteiger partial charge in [-0.2, -0.15) is 0 Å². The number of nitrogens with zero attached hydrogens (tertiary/aromatic N) is 3. The largest absolute Gasteiger partial charge is 0.497 e. The van der Waals surface area contributed by atoms with Crippen LogP contribution in [-0.4, -0.2) is 55.8 Å². The predicted molar refractivity (Wildman–Crippen MR) is 133 cm³/mol. The summed E-state index contributed by atoms with van der Waals surface area (Å²) in [5.74, 6) is 1.71. The van der Waals surface area contributed by atoms with E-state index < -0.39 is 0 Å². The van der Waals surface area contributed by atoms with Crippen molar-refractivity contribution in [3.8, 4) is 5.75 Å². The zero-order valence-corrected chi connectivity index (χ0v) is 20.4. The van der Waals surface area contributed by atoms with Crippen molar-refractivity contribution in [2.45, 2.75) is 31.1 Å². The molecule has 0 aliphatic carbocycles. The third-order valence-electron chi connectivity index (χ3n) is 5.01. The molecule has 1 amide bonds. The average Bonchev–Trinajstić information content (AvgIpc) is 3.19. The van der Waals surface area contributed by atoms with Crippen molar-refractivity contribution in [2.75, 3.05) is 44.9 Å². The number of methoxy groups -OCH3 is 1. The van der Waals surface area contributed by atoms with Gasteiger partial charge in [0.15, 0.2) is 5.13 Å². The maximum atomic E-state index is 13.2. The second-order valence-electron chi connectivity index (χ2n) is 7.63. The quantitative estimate of drug-likeness (QED) is 0.364. The normalized spacial score (nSPS) is 11.3. The molecule has 0 aliphatic heterocycles. The topological polar surface area (TPSA) is 45.7 Å². The van der Waals surface area contributed by atoms with E-state index in [1.54, 1.807) is 30.2 Å². The fourth-order valence-electron chi connectivity index (χ4n) is 3.23. The molecule has 1 aromatic heterocycles. The number of carbonyl (C=O) groups is 1. The highest BCUT2D eigenvalue weighted by Crippen LogP contribution is 2.31. The maximum absolute atomic E-state index is 13.2. The first-order chi connectivity index (χ1) is 15.0. The molecule has 0 saturated heterocycles. The highest BCUT2D eigenvalue weighted by molar-refractivity contribution is 7.99. The van der Waals surface area contributed by atoms with Crippen LogP contribution >= 0.6 is 23.1 Å². The molecule has 0 atom stereocenters. The molecule has 166 valence electrons. The first-order valence-electron chi connectivity index (χ1n) is 10.6. The van der Waals surface area contributed by atoms with Gasteiger partial charge in [0.1, 0.15) is 5.75 Å². The van der Waals surface area contributed by atoms with E-state index in [0.29, 0.717) is 13.0 Å². The number of carbonyl (C=O) groups excluding carboxylic acids is 1. The van der Waals surface area contributed by atoms with E-state index in [1.807, 2.05) is 29.2 Å². The standard InChI is InChI=1S/C24H31N3O2S2/c1-5-18-7-12-21-22(17-18)31-24(25-21)27(15-6-14-26(2)3)23(28)13-16-30-20-10-8-19(29-4)9-11-20/h7-12,17H,5-6,13-16H2,1-4H3. The van der Waals surface area contributed by atoms with Gasteiger partial charge in [0.05, 0.1) is 17.3 Å². The van der Waals surface area contributed by atoms with Crippen LogP contribution in [0.5, 0.6) is 5.75 Å². The molecule has 7 heteroatoms. The van der Waals surface area contributed by atoms with Gasteiger partial charge in [0.25, 0.3) is 0 Å². The Kier molecular flexibility index (Phi) is 8.75. The van der Waals surface area contributed by atoms with Crippen LogP contribution in [0.1, 0.15) is 25.3 Å². The Morgan fingerprint density at radius 2 is 1.90 bits per heavy atom. The Hall–Kier alpha value is -2.09. The van der Waals surface area contributed by atoms with Crippen molar-refractivity contribution in [1.82, 2.24) is 9.88 Å². The van der Waals surface area contributed by atoms with Gasteiger partial charge in [0.2, 0.25) is 5.91 Å². The first-order valence-corrected chi connectivity index (χ1v) is 12.4. The van der Waals surface area contributed by atoms with Crippen molar-refractivity contribution >= 4 is 44.4 Å². The minimum atomic E-state index is 0.134. The lowest BCUT2D eigenvalue weighted by atomic mass is 10.2. The molecule has 3 rings (SSSR count). The van der Waals surface area contributed by atoms with Gasteiger partial charge in [-0.25, -0.2) is 4.98 Å². The molecule has 0 spiro atoms. The number of thiazole rings is 1. The molecule has 0 aliphatic rings. The van der Waals surface area contributed by atoms with Gasteiger partial charge >= 0.3 is 0 Å². The molecule has 2 aromatic carbocycles. The number of aryl methyl sites for hydroxylation is 1. The van der Waals surface area contributed by atoms with Crippen molar-refractivity contribution < 1.29 is 9.53 Å². The Bertz CT molecular complexity index is 986. The zero-order valence-electron chi connectivity index (χ0n) is 18.8. The van der Waals surface area contributed by atoms with E-state index in [4.69, 9.17) is 9.72 Å². The number of amides is 1. The summed E-state index contributed by atoms with van der Waals surface area (Å²) in [4.78, 5) is 23.1. The number of benzene rings is 2. The van der Waals surface area contributed by atoms with Crippen molar-refractivity contribution in [2.24, 2.45) is 0 Å². The van der Waals surface area contributed by atoms with Crippen molar-refractivity contribution in [3.63, 3.8) is 0 Å². The van der Waals surface area contributed by atoms with E-state index in [0.717, 1.165) is 51.1 Å². The van der Waals surface area contributed by atoms with Crippen LogP contribution in [0.15, 0.2) is 47.4 Å². The van der Waals surface area contributed by atoms with Gasteiger partial charge in [-0.15, -0.1) is 11.8 Å². The lowest BCUT2D eigenvalue weighted by molar-refractivity contribution is -0.118. The monoisotopic (exact) mass is 457 g/mol. The van der Waals surface area contributed by atoms with Gasteiger partial charge in [-0.05, 0) is 75.4 Å². The highest BCUT2D eigenvalue weighted by Gasteiger charge is 2.19. The van der Waals surface area contributed by atoms with E-state index in [-0.39, 0.29) is 5.91 Å². The zero-order chi connectivity index (χ0) is 22.2. The minimum Gasteiger partial charge on any atom is -0.497 e. The van der Waals surface area contributed by atoms with Crippen LogP contribution in [0.3, 0.4) is 0 Å². The number of aromatic nitrogens is 1. The predicted octanol–water partition coefficient (Wildman–Crippen LogP) is 5.33. The second kappa shape index (κ2) is 11.5. The number of thioether (sulfide) groups is 1. The molecule has 1 heterocycles. The van der Waals surface area contributed by atoms with Gasteiger partial charge in [-0.1, -0.05) is 24.3 Å². The Morgan fingerprint density at radius 3 is 2.58 bits per heavy atom. The van der Waals surface area contributed by atoms with Gasteiger partial charge in [0, 0.05) is 23.6 Å². The van der Waals surface area contributed by atoms with Crippen LogP contribution in [0, 0.1) is 0 Å². The molecule has 5 nitrogen and oxygen atoms in total.